The molecule has 13 heavy (non-hydrogen) atoms. The summed E-state index contributed by atoms with van der Waals surface area (Å²) in [4.78, 5) is 2.39. The maximum absolute atomic E-state index is 5.87. The van der Waals surface area contributed by atoms with Crippen molar-refractivity contribution in [3.05, 3.63) is 0 Å². The monoisotopic (exact) mass is 185 g/mol. The highest BCUT2D eigenvalue weighted by Crippen LogP contribution is 2.12. The summed E-state index contributed by atoms with van der Waals surface area (Å²) in [7, 11) is 2.19. The second-order valence-electron chi connectivity index (χ2n) is 5.04. The lowest BCUT2D eigenvalue weighted by molar-refractivity contribution is 0.378. The van der Waals surface area contributed by atoms with Crippen molar-refractivity contribution in [2.45, 2.75) is 25.8 Å². The van der Waals surface area contributed by atoms with Crippen LogP contribution in [0.25, 0.3) is 0 Å². The predicted octanol–water partition coefficient (Wildman–Crippen LogP) is 0.265. The molecule has 3 N–H and O–H groups in total. The molecule has 1 atom stereocenters. The Bertz CT molecular complexity index is 151. The van der Waals surface area contributed by atoms with Gasteiger partial charge in [-0.2, -0.15) is 0 Å². The maximum atomic E-state index is 5.87. The molecule has 0 aromatic heterocycles. The van der Waals surface area contributed by atoms with Crippen LogP contribution in [0.1, 0.15) is 20.3 Å². The molecule has 0 spiro atoms. The zero-order valence-corrected chi connectivity index (χ0v) is 9.14. The molecule has 0 aromatic rings. The molecule has 78 valence electrons. The fourth-order valence-electron chi connectivity index (χ4n) is 1.79. The topological polar surface area (TPSA) is 41.3 Å². The van der Waals surface area contributed by atoms with Crippen LogP contribution in [0.15, 0.2) is 0 Å². The van der Waals surface area contributed by atoms with Gasteiger partial charge in [0.15, 0.2) is 0 Å². The van der Waals surface area contributed by atoms with E-state index >= 15 is 0 Å². The van der Waals surface area contributed by atoms with Crippen molar-refractivity contribution in [2.75, 3.05) is 33.2 Å². The Kier molecular flexibility index (Phi) is 3.71. The number of likely N-dealkylation sites (tertiary alicyclic amines) is 1. The van der Waals surface area contributed by atoms with E-state index < -0.39 is 0 Å². The first-order chi connectivity index (χ1) is 5.97. The Morgan fingerprint density at radius 3 is 2.69 bits per heavy atom. The average molecular weight is 185 g/mol. The second kappa shape index (κ2) is 4.40. The van der Waals surface area contributed by atoms with Crippen LogP contribution >= 0.6 is 0 Å². The summed E-state index contributed by atoms with van der Waals surface area (Å²) in [6.07, 6.45) is 1.33. The van der Waals surface area contributed by atoms with Crippen LogP contribution in [-0.4, -0.2) is 43.7 Å². The van der Waals surface area contributed by atoms with E-state index in [2.05, 4.69) is 31.1 Å². The molecule has 1 saturated heterocycles. The van der Waals surface area contributed by atoms with Crippen LogP contribution in [0.3, 0.4) is 0 Å². The van der Waals surface area contributed by atoms with Crippen LogP contribution in [-0.2, 0) is 0 Å². The van der Waals surface area contributed by atoms with Crippen LogP contribution < -0.4 is 11.1 Å². The first-order valence-electron chi connectivity index (χ1n) is 5.15. The Hall–Kier alpha value is -0.120. The zero-order valence-electron chi connectivity index (χ0n) is 9.14. The van der Waals surface area contributed by atoms with Crippen molar-refractivity contribution < 1.29 is 0 Å². The SMILES string of the molecule is CN1CCC(CNCC(C)(C)N)C1. The largest absolute Gasteiger partial charge is 0.324 e. The van der Waals surface area contributed by atoms with E-state index in [4.69, 9.17) is 5.73 Å². The van der Waals surface area contributed by atoms with Gasteiger partial charge in [-0.25, -0.2) is 0 Å². The molecular weight excluding hydrogens is 162 g/mol. The highest BCUT2D eigenvalue weighted by molar-refractivity contribution is 4.78. The Labute approximate surface area is 81.7 Å². The Morgan fingerprint density at radius 1 is 1.54 bits per heavy atom. The fraction of sp³-hybridized carbons (Fsp3) is 1.00. The number of rotatable bonds is 4. The summed E-state index contributed by atoms with van der Waals surface area (Å²) in [5.41, 5.74) is 5.80. The molecule has 1 fully saturated rings. The number of nitrogens with zero attached hydrogens (tertiary/aromatic N) is 1. The molecule has 0 radical (unpaired) electrons. The fourth-order valence-corrected chi connectivity index (χ4v) is 1.79. The van der Waals surface area contributed by atoms with Gasteiger partial charge in [0.25, 0.3) is 0 Å². The molecule has 3 nitrogen and oxygen atoms in total. The molecule has 0 amide bonds. The first-order valence-corrected chi connectivity index (χ1v) is 5.15. The lowest BCUT2D eigenvalue weighted by Crippen LogP contribution is -2.44. The van der Waals surface area contributed by atoms with Crippen molar-refractivity contribution in [3.63, 3.8) is 0 Å². The van der Waals surface area contributed by atoms with E-state index in [9.17, 15) is 0 Å². The summed E-state index contributed by atoms with van der Waals surface area (Å²) in [6, 6.07) is 0. The molecule has 1 unspecified atom stereocenters. The van der Waals surface area contributed by atoms with Gasteiger partial charge in [0, 0.05) is 18.6 Å². The van der Waals surface area contributed by atoms with Crippen molar-refractivity contribution in [1.82, 2.24) is 10.2 Å². The summed E-state index contributed by atoms with van der Waals surface area (Å²) < 4.78 is 0. The summed E-state index contributed by atoms with van der Waals surface area (Å²) >= 11 is 0. The highest BCUT2D eigenvalue weighted by Gasteiger charge is 2.19. The third-order valence-electron chi connectivity index (χ3n) is 2.50. The molecule has 0 aliphatic carbocycles. The molecular formula is C10H23N3. The van der Waals surface area contributed by atoms with E-state index in [1.807, 2.05) is 0 Å². The quantitative estimate of drug-likeness (QED) is 0.660. The molecule has 1 heterocycles. The third-order valence-corrected chi connectivity index (χ3v) is 2.50. The van der Waals surface area contributed by atoms with E-state index in [0.29, 0.717) is 0 Å². The minimum Gasteiger partial charge on any atom is -0.324 e. The lowest BCUT2D eigenvalue weighted by Gasteiger charge is -2.20. The minimum absolute atomic E-state index is 0.0789. The van der Waals surface area contributed by atoms with Crippen molar-refractivity contribution >= 4 is 0 Å². The van der Waals surface area contributed by atoms with Gasteiger partial charge in [-0.05, 0) is 46.3 Å². The highest BCUT2D eigenvalue weighted by atomic mass is 15.1. The molecule has 0 aromatic carbocycles. The Morgan fingerprint density at radius 2 is 2.23 bits per heavy atom. The zero-order chi connectivity index (χ0) is 9.90. The third kappa shape index (κ3) is 4.60. The van der Waals surface area contributed by atoms with Crippen molar-refractivity contribution in [3.8, 4) is 0 Å². The molecule has 0 saturated carbocycles. The van der Waals surface area contributed by atoms with Gasteiger partial charge in [0.1, 0.15) is 0 Å². The second-order valence-corrected chi connectivity index (χ2v) is 5.04. The number of hydrogen-bond donors (Lipinski definition) is 2. The number of nitrogens with two attached hydrogens (primary N) is 1. The normalized spacial score (nSPS) is 25.4. The minimum atomic E-state index is -0.0789. The van der Waals surface area contributed by atoms with Gasteiger partial charge in [0.05, 0.1) is 0 Å². The van der Waals surface area contributed by atoms with Gasteiger partial charge >= 0.3 is 0 Å². The van der Waals surface area contributed by atoms with Crippen molar-refractivity contribution in [2.24, 2.45) is 11.7 Å². The standard InChI is InChI=1S/C10H23N3/c1-10(2,11)8-12-6-9-4-5-13(3)7-9/h9,12H,4-8,11H2,1-3H3. The molecule has 1 rings (SSSR count). The van der Waals surface area contributed by atoms with Gasteiger partial charge in [-0.3, -0.25) is 0 Å². The number of nitrogens with one attached hydrogen (secondary N) is 1. The summed E-state index contributed by atoms with van der Waals surface area (Å²) in [5, 5.41) is 3.44. The van der Waals surface area contributed by atoms with E-state index in [0.717, 1.165) is 19.0 Å². The van der Waals surface area contributed by atoms with E-state index in [1.165, 1.54) is 19.5 Å². The van der Waals surface area contributed by atoms with Gasteiger partial charge in [-0.15, -0.1) is 0 Å². The summed E-state index contributed by atoms with van der Waals surface area (Å²) in [5.74, 6) is 0.826. The maximum Gasteiger partial charge on any atom is 0.0223 e. The molecule has 1 aliphatic heterocycles. The lowest BCUT2D eigenvalue weighted by atomic mass is 10.1. The molecule has 3 heteroatoms. The molecule has 0 bridgehead atoms. The van der Waals surface area contributed by atoms with Crippen LogP contribution in [0.4, 0.5) is 0 Å². The van der Waals surface area contributed by atoms with Gasteiger partial charge in [-0.1, -0.05) is 0 Å². The number of hydrogen-bond acceptors (Lipinski definition) is 3. The molecule has 1 aliphatic rings. The van der Waals surface area contributed by atoms with Crippen LogP contribution in [0, 0.1) is 5.92 Å². The smallest absolute Gasteiger partial charge is 0.0223 e. The van der Waals surface area contributed by atoms with Crippen LogP contribution in [0.5, 0.6) is 0 Å². The predicted molar refractivity (Wildman–Crippen MR) is 56.7 cm³/mol. The van der Waals surface area contributed by atoms with Crippen molar-refractivity contribution in [1.29, 1.82) is 0 Å². The van der Waals surface area contributed by atoms with E-state index in [1.54, 1.807) is 0 Å². The summed E-state index contributed by atoms with van der Waals surface area (Å²) in [6.45, 7) is 8.62. The van der Waals surface area contributed by atoms with Gasteiger partial charge < -0.3 is 16.0 Å². The van der Waals surface area contributed by atoms with Crippen LogP contribution in [0.2, 0.25) is 0 Å². The first kappa shape index (κ1) is 11.0. The average Bonchev–Trinajstić information content (AvgIpc) is 2.33. The van der Waals surface area contributed by atoms with Gasteiger partial charge in [0.2, 0.25) is 0 Å². The Balaban J connectivity index is 2.07. The van der Waals surface area contributed by atoms with E-state index in [-0.39, 0.29) is 5.54 Å².